The van der Waals surface area contributed by atoms with Gasteiger partial charge < -0.3 is 10.1 Å². The summed E-state index contributed by atoms with van der Waals surface area (Å²) in [6, 6.07) is 3.46. The number of carbonyl (C=O) groups is 1. The van der Waals surface area contributed by atoms with Crippen LogP contribution in [0, 0.1) is 0 Å². The van der Waals surface area contributed by atoms with Crippen LogP contribution in [-0.4, -0.2) is 48.6 Å². The van der Waals surface area contributed by atoms with E-state index in [4.69, 9.17) is 4.74 Å². The first-order valence-corrected chi connectivity index (χ1v) is 6.84. The normalized spacial score (nSPS) is 18.6. The highest BCUT2D eigenvalue weighted by atomic mass is 16.5. The number of hydrogen-bond acceptors (Lipinski definition) is 5. The molecule has 104 valence electrons. The molecule has 1 atom stereocenters. The van der Waals surface area contributed by atoms with E-state index in [1.807, 2.05) is 19.1 Å². The van der Waals surface area contributed by atoms with Crippen molar-refractivity contribution in [1.82, 2.24) is 15.2 Å². The van der Waals surface area contributed by atoms with Crippen LogP contribution in [0.5, 0.6) is 0 Å². The summed E-state index contributed by atoms with van der Waals surface area (Å²) in [5, 5.41) is 3.35. The van der Waals surface area contributed by atoms with E-state index in [0.717, 1.165) is 38.2 Å². The molecule has 0 aliphatic carbocycles. The summed E-state index contributed by atoms with van der Waals surface area (Å²) < 4.78 is 5.22. The highest BCUT2D eigenvalue weighted by Gasteiger charge is 2.29. The molecule has 0 saturated carbocycles. The van der Waals surface area contributed by atoms with E-state index < -0.39 is 0 Å². The summed E-state index contributed by atoms with van der Waals surface area (Å²) in [6.45, 7) is 5.88. The molecule has 0 bridgehead atoms. The second-order valence-corrected chi connectivity index (χ2v) is 4.58. The van der Waals surface area contributed by atoms with Crippen LogP contribution < -0.4 is 5.32 Å². The van der Waals surface area contributed by atoms with Crippen molar-refractivity contribution < 1.29 is 9.53 Å². The third-order valence-corrected chi connectivity index (χ3v) is 3.25. The molecule has 5 heteroatoms. The van der Waals surface area contributed by atoms with Crippen LogP contribution in [0.4, 0.5) is 0 Å². The van der Waals surface area contributed by atoms with Crippen LogP contribution in [-0.2, 0) is 9.53 Å². The maximum absolute atomic E-state index is 12.2. The predicted octanol–water partition coefficient (Wildman–Crippen LogP) is 0.981. The predicted molar refractivity (Wildman–Crippen MR) is 72.7 cm³/mol. The lowest BCUT2D eigenvalue weighted by molar-refractivity contribution is -0.149. The summed E-state index contributed by atoms with van der Waals surface area (Å²) in [4.78, 5) is 18.5. The average molecular weight is 263 g/mol. The highest BCUT2D eigenvalue weighted by Crippen LogP contribution is 2.22. The molecular weight excluding hydrogens is 242 g/mol. The van der Waals surface area contributed by atoms with Crippen molar-refractivity contribution in [2.24, 2.45) is 0 Å². The number of rotatable bonds is 4. The second kappa shape index (κ2) is 7.21. The highest BCUT2D eigenvalue weighted by molar-refractivity contribution is 5.77. The fraction of sp³-hybridized carbons (Fsp3) is 0.571. The topological polar surface area (TPSA) is 54.5 Å². The van der Waals surface area contributed by atoms with Gasteiger partial charge in [-0.15, -0.1) is 0 Å². The van der Waals surface area contributed by atoms with Crippen molar-refractivity contribution in [2.75, 3.05) is 32.8 Å². The Labute approximate surface area is 114 Å². The molecule has 2 rings (SSSR count). The molecular formula is C14H21N3O2. The fourth-order valence-electron chi connectivity index (χ4n) is 2.38. The largest absolute Gasteiger partial charge is 0.465 e. The van der Waals surface area contributed by atoms with Gasteiger partial charge in [0.1, 0.15) is 6.04 Å². The van der Waals surface area contributed by atoms with Gasteiger partial charge in [-0.3, -0.25) is 9.88 Å². The number of esters is 1. The zero-order valence-electron chi connectivity index (χ0n) is 11.3. The lowest BCUT2D eigenvalue weighted by Crippen LogP contribution is -2.37. The molecule has 0 spiro atoms. The van der Waals surface area contributed by atoms with Crippen molar-refractivity contribution in [2.45, 2.75) is 19.4 Å². The molecule has 2 heterocycles. The van der Waals surface area contributed by atoms with E-state index in [2.05, 4.69) is 15.2 Å². The standard InChI is InChI=1S/C14H21N3O2/c1-2-19-14(18)13(12-5-3-6-16-11-12)17-9-4-7-15-8-10-17/h3,5-6,11,13,15H,2,4,7-10H2,1H3. The van der Waals surface area contributed by atoms with Gasteiger partial charge in [-0.1, -0.05) is 6.07 Å². The smallest absolute Gasteiger partial charge is 0.328 e. The van der Waals surface area contributed by atoms with Crippen LogP contribution in [0.3, 0.4) is 0 Å². The molecule has 1 unspecified atom stereocenters. The Morgan fingerprint density at radius 3 is 3.16 bits per heavy atom. The summed E-state index contributed by atoms with van der Waals surface area (Å²) in [5.41, 5.74) is 0.905. The maximum Gasteiger partial charge on any atom is 0.328 e. The summed E-state index contributed by atoms with van der Waals surface area (Å²) in [7, 11) is 0. The van der Waals surface area contributed by atoms with E-state index >= 15 is 0 Å². The number of hydrogen-bond donors (Lipinski definition) is 1. The summed E-state index contributed by atoms with van der Waals surface area (Å²) in [6.07, 6.45) is 4.51. The molecule has 19 heavy (non-hydrogen) atoms. The average Bonchev–Trinajstić information content (AvgIpc) is 2.70. The number of nitrogens with one attached hydrogen (secondary N) is 1. The Balaban J connectivity index is 2.20. The van der Waals surface area contributed by atoms with Crippen molar-refractivity contribution in [3.05, 3.63) is 30.1 Å². The Kier molecular flexibility index (Phi) is 5.30. The molecule has 1 aromatic rings. The molecule has 1 aliphatic heterocycles. The van der Waals surface area contributed by atoms with Gasteiger partial charge >= 0.3 is 5.97 Å². The monoisotopic (exact) mass is 263 g/mol. The van der Waals surface area contributed by atoms with E-state index in [9.17, 15) is 4.79 Å². The van der Waals surface area contributed by atoms with Crippen LogP contribution >= 0.6 is 0 Å². The van der Waals surface area contributed by atoms with Gasteiger partial charge in [0.2, 0.25) is 0 Å². The molecule has 1 aliphatic rings. The first kappa shape index (κ1) is 14.0. The van der Waals surface area contributed by atoms with Gasteiger partial charge in [0.25, 0.3) is 0 Å². The van der Waals surface area contributed by atoms with E-state index in [-0.39, 0.29) is 12.0 Å². The number of carbonyl (C=O) groups excluding carboxylic acids is 1. The zero-order chi connectivity index (χ0) is 13.5. The molecule has 1 N–H and O–H groups in total. The van der Waals surface area contributed by atoms with E-state index in [0.29, 0.717) is 6.61 Å². The van der Waals surface area contributed by atoms with Crippen molar-refractivity contribution >= 4 is 5.97 Å². The van der Waals surface area contributed by atoms with Crippen molar-refractivity contribution in [1.29, 1.82) is 0 Å². The fourth-order valence-corrected chi connectivity index (χ4v) is 2.38. The van der Waals surface area contributed by atoms with Crippen LogP contribution in [0.2, 0.25) is 0 Å². The molecule has 1 saturated heterocycles. The van der Waals surface area contributed by atoms with Crippen molar-refractivity contribution in [3.63, 3.8) is 0 Å². The number of pyridine rings is 1. The number of aromatic nitrogens is 1. The van der Waals surface area contributed by atoms with Crippen LogP contribution in [0.1, 0.15) is 24.9 Å². The zero-order valence-corrected chi connectivity index (χ0v) is 11.3. The van der Waals surface area contributed by atoms with Gasteiger partial charge in [-0.25, -0.2) is 4.79 Å². The third-order valence-electron chi connectivity index (χ3n) is 3.25. The van der Waals surface area contributed by atoms with Gasteiger partial charge in [-0.2, -0.15) is 0 Å². The minimum atomic E-state index is -0.339. The molecule has 1 aromatic heterocycles. The second-order valence-electron chi connectivity index (χ2n) is 4.58. The molecule has 5 nitrogen and oxygen atoms in total. The van der Waals surface area contributed by atoms with E-state index in [1.54, 1.807) is 12.4 Å². The minimum Gasteiger partial charge on any atom is -0.465 e. The van der Waals surface area contributed by atoms with Crippen LogP contribution in [0.25, 0.3) is 0 Å². The summed E-state index contributed by atoms with van der Waals surface area (Å²) in [5.74, 6) is -0.183. The molecule has 0 radical (unpaired) electrons. The van der Waals surface area contributed by atoms with Gasteiger partial charge in [0.05, 0.1) is 6.61 Å². The SMILES string of the molecule is CCOC(=O)C(c1cccnc1)N1CCCNCC1. The molecule has 0 amide bonds. The van der Waals surface area contributed by atoms with Gasteiger partial charge in [-0.05, 0) is 31.5 Å². The van der Waals surface area contributed by atoms with Gasteiger partial charge in [0.15, 0.2) is 0 Å². The third kappa shape index (κ3) is 3.75. The number of ether oxygens (including phenoxy) is 1. The Bertz CT molecular complexity index is 389. The summed E-state index contributed by atoms with van der Waals surface area (Å²) >= 11 is 0. The minimum absolute atomic E-state index is 0.183. The first-order valence-electron chi connectivity index (χ1n) is 6.84. The molecule has 0 aromatic carbocycles. The maximum atomic E-state index is 12.2. The van der Waals surface area contributed by atoms with Crippen LogP contribution in [0.15, 0.2) is 24.5 Å². The van der Waals surface area contributed by atoms with E-state index in [1.165, 1.54) is 0 Å². The van der Waals surface area contributed by atoms with Crippen molar-refractivity contribution in [3.8, 4) is 0 Å². The number of nitrogens with zero attached hydrogens (tertiary/aromatic N) is 2. The Hall–Kier alpha value is -1.46. The first-order chi connectivity index (χ1) is 9.33. The Morgan fingerprint density at radius 2 is 2.42 bits per heavy atom. The Morgan fingerprint density at radius 1 is 1.53 bits per heavy atom. The molecule has 1 fully saturated rings. The lowest BCUT2D eigenvalue weighted by atomic mass is 10.1. The quantitative estimate of drug-likeness (QED) is 0.821. The lowest BCUT2D eigenvalue weighted by Gasteiger charge is -2.28. The van der Waals surface area contributed by atoms with Gasteiger partial charge in [0, 0.05) is 32.0 Å².